The first-order valence-electron chi connectivity index (χ1n) is 4.25. The molecule has 0 bridgehead atoms. The SMILES string of the molecule is NC(=O)c1coc(NC(=O)c2ccsc2)n1. The van der Waals surface area contributed by atoms with Gasteiger partial charge in [-0.3, -0.25) is 14.9 Å². The highest BCUT2D eigenvalue weighted by Crippen LogP contribution is 2.11. The van der Waals surface area contributed by atoms with Crippen molar-refractivity contribution in [3.63, 3.8) is 0 Å². The van der Waals surface area contributed by atoms with Gasteiger partial charge in [-0.05, 0) is 11.4 Å². The fraction of sp³-hybridized carbons (Fsp3) is 0. The van der Waals surface area contributed by atoms with Crippen LogP contribution in [0.3, 0.4) is 0 Å². The van der Waals surface area contributed by atoms with Gasteiger partial charge in [-0.1, -0.05) is 0 Å². The molecule has 0 fully saturated rings. The summed E-state index contributed by atoms with van der Waals surface area (Å²) in [6.07, 6.45) is 1.09. The van der Waals surface area contributed by atoms with Crippen LogP contribution in [0.15, 0.2) is 27.5 Å². The lowest BCUT2D eigenvalue weighted by atomic mass is 10.3. The first kappa shape index (κ1) is 10.4. The molecular weight excluding hydrogens is 230 g/mol. The van der Waals surface area contributed by atoms with Crippen molar-refractivity contribution in [2.75, 3.05) is 5.32 Å². The van der Waals surface area contributed by atoms with Gasteiger partial charge in [0.1, 0.15) is 6.26 Å². The number of nitrogens with one attached hydrogen (secondary N) is 1. The molecule has 82 valence electrons. The van der Waals surface area contributed by atoms with E-state index in [0.29, 0.717) is 5.56 Å². The van der Waals surface area contributed by atoms with Crippen LogP contribution in [0, 0.1) is 0 Å². The highest BCUT2D eigenvalue weighted by atomic mass is 32.1. The Morgan fingerprint density at radius 1 is 1.50 bits per heavy atom. The lowest BCUT2D eigenvalue weighted by Gasteiger charge is -1.96. The molecule has 0 saturated heterocycles. The zero-order valence-corrected chi connectivity index (χ0v) is 8.78. The number of hydrogen-bond donors (Lipinski definition) is 2. The Labute approximate surface area is 94.1 Å². The summed E-state index contributed by atoms with van der Waals surface area (Å²) >= 11 is 1.40. The molecule has 16 heavy (non-hydrogen) atoms. The van der Waals surface area contributed by atoms with Gasteiger partial charge >= 0.3 is 6.01 Å². The van der Waals surface area contributed by atoms with Gasteiger partial charge in [0.05, 0.1) is 5.56 Å². The van der Waals surface area contributed by atoms with Crippen molar-refractivity contribution in [3.8, 4) is 0 Å². The van der Waals surface area contributed by atoms with Crippen molar-refractivity contribution in [2.24, 2.45) is 5.73 Å². The van der Waals surface area contributed by atoms with Crippen molar-refractivity contribution in [3.05, 3.63) is 34.3 Å². The van der Waals surface area contributed by atoms with Crippen LogP contribution in [0.2, 0.25) is 0 Å². The molecule has 2 heterocycles. The number of carbonyl (C=O) groups is 2. The minimum atomic E-state index is -0.709. The van der Waals surface area contributed by atoms with Gasteiger partial charge in [0.25, 0.3) is 11.8 Å². The normalized spacial score (nSPS) is 10.0. The number of amides is 2. The maximum Gasteiger partial charge on any atom is 0.302 e. The maximum atomic E-state index is 11.5. The van der Waals surface area contributed by atoms with E-state index in [-0.39, 0.29) is 17.6 Å². The molecule has 2 rings (SSSR count). The van der Waals surface area contributed by atoms with E-state index in [1.807, 2.05) is 0 Å². The van der Waals surface area contributed by atoms with E-state index in [4.69, 9.17) is 10.2 Å². The Kier molecular flexibility index (Phi) is 2.69. The minimum absolute atomic E-state index is 0.0272. The molecule has 7 heteroatoms. The highest BCUT2D eigenvalue weighted by Gasteiger charge is 2.12. The topological polar surface area (TPSA) is 98.2 Å². The number of oxazole rings is 1. The van der Waals surface area contributed by atoms with Gasteiger partial charge in [0, 0.05) is 5.38 Å². The summed E-state index contributed by atoms with van der Waals surface area (Å²) in [5.74, 6) is -1.06. The van der Waals surface area contributed by atoms with Crippen molar-refractivity contribution in [1.29, 1.82) is 0 Å². The molecule has 2 aromatic rings. The average molecular weight is 237 g/mol. The first-order chi connectivity index (χ1) is 7.66. The summed E-state index contributed by atoms with van der Waals surface area (Å²) in [5.41, 5.74) is 5.46. The predicted molar refractivity (Wildman–Crippen MR) is 57.3 cm³/mol. The molecule has 0 unspecified atom stereocenters. The molecule has 0 aromatic carbocycles. The summed E-state index contributed by atoms with van der Waals surface area (Å²) in [6, 6.07) is 1.61. The number of primary amides is 1. The third-order valence-electron chi connectivity index (χ3n) is 1.76. The van der Waals surface area contributed by atoms with Gasteiger partial charge in [-0.25, -0.2) is 0 Å². The Hall–Kier alpha value is -2.15. The van der Waals surface area contributed by atoms with E-state index < -0.39 is 5.91 Å². The number of nitrogens with two attached hydrogens (primary N) is 1. The summed E-state index contributed by atoms with van der Waals surface area (Å²) in [5, 5.41) is 5.87. The van der Waals surface area contributed by atoms with Gasteiger partial charge in [-0.2, -0.15) is 16.3 Å². The maximum absolute atomic E-state index is 11.5. The van der Waals surface area contributed by atoms with Crippen LogP contribution in [0.25, 0.3) is 0 Å². The molecule has 0 spiro atoms. The molecule has 3 N–H and O–H groups in total. The quantitative estimate of drug-likeness (QED) is 0.834. The van der Waals surface area contributed by atoms with Gasteiger partial charge in [-0.15, -0.1) is 0 Å². The third-order valence-corrected chi connectivity index (χ3v) is 2.44. The van der Waals surface area contributed by atoms with Crippen molar-refractivity contribution in [1.82, 2.24) is 4.98 Å². The van der Waals surface area contributed by atoms with Crippen LogP contribution in [0.5, 0.6) is 0 Å². The van der Waals surface area contributed by atoms with E-state index in [1.165, 1.54) is 11.3 Å². The Bertz CT molecular complexity index is 518. The second-order valence-electron chi connectivity index (χ2n) is 2.87. The van der Waals surface area contributed by atoms with E-state index in [1.54, 1.807) is 16.8 Å². The van der Waals surface area contributed by atoms with Gasteiger partial charge in [0.2, 0.25) is 0 Å². The summed E-state index contributed by atoms with van der Waals surface area (Å²) in [4.78, 5) is 25.9. The monoisotopic (exact) mass is 237 g/mol. The number of carbonyl (C=O) groups excluding carboxylic acids is 2. The smallest absolute Gasteiger partial charge is 0.302 e. The number of hydrogen-bond acceptors (Lipinski definition) is 5. The number of anilines is 1. The molecule has 0 radical (unpaired) electrons. The van der Waals surface area contributed by atoms with E-state index in [9.17, 15) is 9.59 Å². The van der Waals surface area contributed by atoms with Crippen molar-refractivity contribution in [2.45, 2.75) is 0 Å². The molecule has 6 nitrogen and oxygen atoms in total. The second-order valence-corrected chi connectivity index (χ2v) is 3.65. The van der Waals surface area contributed by atoms with E-state index in [2.05, 4.69) is 10.3 Å². The largest absolute Gasteiger partial charge is 0.431 e. The number of thiophene rings is 1. The molecule has 0 atom stereocenters. The van der Waals surface area contributed by atoms with Crippen LogP contribution in [0.4, 0.5) is 6.01 Å². The van der Waals surface area contributed by atoms with Crippen LogP contribution >= 0.6 is 11.3 Å². The molecular formula is C9H7N3O3S. The molecule has 0 aliphatic carbocycles. The summed E-state index contributed by atoms with van der Waals surface area (Å²) < 4.78 is 4.85. The Morgan fingerprint density at radius 2 is 2.31 bits per heavy atom. The third kappa shape index (κ3) is 2.09. The average Bonchev–Trinajstić information content (AvgIpc) is 2.87. The lowest BCUT2D eigenvalue weighted by molar-refractivity contribution is 0.0992. The van der Waals surface area contributed by atoms with Crippen LogP contribution < -0.4 is 11.1 Å². The van der Waals surface area contributed by atoms with Crippen LogP contribution in [0.1, 0.15) is 20.8 Å². The van der Waals surface area contributed by atoms with Gasteiger partial charge < -0.3 is 10.2 Å². The summed E-state index contributed by atoms with van der Waals surface area (Å²) in [6.45, 7) is 0. The van der Waals surface area contributed by atoms with E-state index >= 15 is 0 Å². The fourth-order valence-corrected chi connectivity index (χ4v) is 1.64. The highest BCUT2D eigenvalue weighted by molar-refractivity contribution is 7.08. The lowest BCUT2D eigenvalue weighted by Crippen LogP contribution is -2.13. The molecule has 0 aliphatic rings. The Morgan fingerprint density at radius 3 is 2.88 bits per heavy atom. The molecule has 2 aromatic heterocycles. The zero-order valence-electron chi connectivity index (χ0n) is 7.97. The fourth-order valence-electron chi connectivity index (χ4n) is 1.01. The predicted octanol–water partition coefficient (Wildman–Crippen LogP) is 1.09. The number of rotatable bonds is 3. The van der Waals surface area contributed by atoms with Crippen molar-refractivity contribution < 1.29 is 14.0 Å². The Balaban J connectivity index is 2.09. The molecule has 2 amide bonds. The molecule has 0 saturated carbocycles. The first-order valence-corrected chi connectivity index (χ1v) is 5.20. The van der Waals surface area contributed by atoms with Gasteiger partial charge in [0.15, 0.2) is 5.69 Å². The van der Waals surface area contributed by atoms with E-state index in [0.717, 1.165) is 6.26 Å². The zero-order chi connectivity index (χ0) is 11.5. The van der Waals surface area contributed by atoms with Crippen molar-refractivity contribution >= 4 is 29.2 Å². The number of nitrogens with zero attached hydrogens (tertiary/aromatic N) is 1. The van der Waals surface area contributed by atoms with Crippen LogP contribution in [-0.2, 0) is 0 Å². The second kappa shape index (κ2) is 4.15. The standard InChI is InChI=1S/C9H7N3O3S/c10-7(13)6-3-15-9(11-6)12-8(14)5-1-2-16-4-5/h1-4H,(H2,10,13)(H,11,12,14). The number of aromatic nitrogens is 1. The molecule has 0 aliphatic heterocycles. The minimum Gasteiger partial charge on any atom is -0.431 e. The van der Waals surface area contributed by atoms with Crippen LogP contribution in [-0.4, -0.2) is 16.8 Å². The summed E-state index contributed by atoms with van der Waals surface area (Å²) in [7, 11) is 0.